The molecule has 1 unspecified atom stereocenters. The lowest BCUT2D eigenvalue weighted by molar-refractivity contribution is -0.140. The Kier molecular flexibility index (Phi) is 11.5. The van der Waals surface area contributed by atoms with Crippen molar-refractivity contribution in [3.63, 3.8) is 0 Å². The van der Waals surface area contributed by atoms with Crippen molar-refractivity contribution < 1.29 is 19.4 Å². The molecule has 1 heterocycles. The van der Waals surface area contributed by atoms with E-state index in [1.807, 2.05) is 30.9 Å². The summed E-state index contributed by atoms with van der Waals surface area (Å²) < 4.78 is 4.63. The third-order valence-corrected chi connectivity index (χ3v) is 4.97. The van der Waals surface area contributed by atoms with Gasteiger partial charge in [0.2, 0.25) is 5.91 Å². The van der Waals surface area contributed by atoms with Gasteiger partial charge in [0.05, 0.1) is 19.3 Å². The Balaban J connectivity index is 2.37. The second-order valence-corrected chi connectivity index (χ2v) is 7.20. The number of aliphatic hydroxyl groups excluding tert-OH is 1. The van der Waals surface area contributed by atoms with Crippen molar-refractivity contribution in [2.75, 3.05) is 13.7 Å². The number of amides is 1. The smallest absolute Gasteiger partial charge is 0.305 e. The lowest BCUT2D eigenvalue weighted by atomic mass is 10.00. The highest BCUT2D eigenvalue weighted by molar-refractivity contribution is 5.79. The fourth-order valence-electron chi connectivity index (χ4n) is 3.16. The molecule has 3 atom stereocenters. The molecule has 5 heteroatoms. The summed E-state index contributed by atoms with van der Waals surface area (Å²) in [6.07, 6.45) is 10.4. The van der Waals surface area contributed by atoms with E-state index in [0.29, 0.717) is 19.3 Å². The number of carbonyl (C=O) groups excluding carboxylic acids is 2. The van der Waals surface area contributed by atoms with Crippen molar-refractivity contribution in [2.45, 2.75) is 83.8 Å². The summed E-state index contributed by atoms with van der Waals surface area (Å²) >= 11 is 0. The van der Waals surface area contributed by atoms with E-state index in [0.717, 1.165) is 45.1 Å². The molecule has 0 bridgehead atoms. The zero-order valence-corrected chi connectivity index (χ0v) is 17.1. The number of methoxy groups -OCH3 is 1. The lowest BCUT2D eigenvalue weighted by Crippen LogP contribution is -2.33. The van der Waals surface area contributed by atoms with Gasteiger partial charge in [0, 0.05) is 32.2 Å². The summed E-state index contributed by atoms with van der Waals surface area (Å²) in [4.78, 5) is 25.1. The van der Waals surface area contributed by atoms with Gasteiger partial charge in [-0.25, -0.2) is 0 Å². The van der Waals surface area contributed by atoms with Crippen LogP contribution >= 0.6 is 0 Å². The number of hydrogen-bond donors (Lipinski definition) is 1. The third-order valence-electron chi connectivity index (χ3n) is 4.97. The van der Waals surface area contributed by atoms with Crippen molar-refractivity contribution in [1.82, 2.24) is 4.90 Å². The van der Waals surface area contributed by atoms with E-state index in [2.05, 4.69) is 16.6 Å². The average Bonchev–Trinajstić information content (AvgIpc) is 3.02. The molecule has 1 rings (SSSR count). The summed E-state index contributed by atoms with van der Waals surface area (Å²) in [7, 11) is 1.41. The topological polar surface area (TPSA) is 66.8 Å². The minimum Gasteiger partial charge on any atom is -0.469 e. The Labute approximate surface area is 164 Å². The number of likely N-dealkylation sites (tertiary alicyclic amines) is 1. The molecule has 0 aromatic carbocycles. The van der Waals surface area contributed by atoms with Gasteiger partial charge < -0.3 is 14.7 Å². The van der Waals surface area contributed by atoms with E-state index in [1.54, 1.807) is 0 Å². The Hall–Kier alpha value is -1.80. The van der Waals surface area contributed by atoms with Crippen molar-refractivity contribution in [2.24, 2.45) is 5.92 Å². The van der Waals surface area contributed by atoms with Gasteiger partial charge in [-0.2, -0.15) is 0 Å². The maximum absolute atomic E-state index is 12.1. The van der Waals surface area contributed by atoms with Crippen LogP contribution in [0.3, 0.4) is 0 Å². The zero-order valence-electron chi connectivity index (χ0n) is 17.1. The van der Waals surface area contributed by atoms with Crippen LogP contribution in [0.4, 0.5) is 0 Å². The number of nitrogens with zero attached hydrogens (tertiary/aromatic N) is 1. The van der Waals surface area contributed by atoms with Gasteiger partial charge in [0.15, 0.2) is 0 Å². The Morgan fingerprint density at radius 3 is 2.78 bits per heavy atom. The molecule has 0 radical (unpaired) electrons. The molecule has 1 N–H and O–H groups in total. The number of carbonyl (C=O) groups is 2. The van der Waals surface area contributed by atoms with Crippen LogP contribution in [0.1, 0.15) is 71.6 Å². The molecule has 27 heavy (non-hydrogen) atoms. The molecule has 1 fully saturated rings. The van der Waals surface area contributed by atoms with E-state index in [1.165, 1.54) is 7.11 Å². The Morgan fingerprint density at radius 2 is 2.07 bits per heavy atom. The van der Waals surface area contributed by atoms with Gasteiger partial charge in [-0.3, -0.25) is 9.59 Å². The largest absolute Gasteiger partial charge is 0.469 e. The number of ether oxygens (including phenoxy) is 1. The summed E-state index contributed by atoms with van der Waals surface area (Å²) in [5.41, 5.74) is 0. The van der Waals surface area contributed by atoms with Crippen LogP contribution in [-0.4, -0.2) is 47.7 Å². The highest BCUT2D eigenvalue weighted by Crippen LogP contribution is 2.22. The van der Waals surface area contributed by atoms with Gasteiger partial charge in [0.25, 0.3) is 0 Å². The maximum atomic E-state index is 12.1. The first kappa shape index (κ1) is 23.2. The summed E-state index contributed by atoms with van der Waals surface area (Å²) in [6, 6.07) is 0.0798. The maximum Gasteiger partial charge on any atom is 0.305 e. The molecule has 0 aliphatic carbocycles. The van der Waals surface area contributed by atoms with E-state index in [4.69, 9.17) is 0 Å². The van der Waals surface area contributed by atoms with Crippen LogP contribution in [0.5, 0.6) is 0 Å². The molecule has 1 aliphatic heterocycles. The molecule has 1 saturated heterocycles. The number of esters is 1. The van der Waals surface area contributed by atoms with Crippen molar-refractivity contribution >= 4 is 11.9 Å². The molecule has 0 aromatic rings. The molecule has 0 spiro atoms. The zero-order chi connectivity index (χ0) is 20.1. The van der Waals surface area contributed by atoms with Crippen LogP contribution in [0, 0.1) is 17.8 Å². The van der Waals surface area contributed by atoms with Crippen molar-refractivity contribution in [1.29, 1.82) is 0 Å². The van der Waals surface area contributed by atoms with E-state index in [-0.39, 0.29) is 23.8 Å². The van der Waals surface area contributed by atoms with Crippen molar-refractivity contribution in [3.05, 3.63) is 12.2 Å². The fraction of sp³-hybridized carbons (Fsp3) is 0.727. The first-order chi connectivity index (χ1) is 13.0. The number of rotatable bonds is 11. The first-order valence-electron chi connectivity index (χ1n) is 10.2. The van der Waals surface area contributed by atoms with E-state index >= 15 is 0 Å². The van der Waals surface area contributed by atoms with Gasteiger partial charge in [-0.15, -0.1) is 11.8 Å². The molecule has 1 aliphatic rings. The highest BCUT2D eigenvalue weighted by atomic mass is 16.5. The van der Waals surface area contributed by atoms with Crippen LogP contribution in [0.25, 0.3) is 0 Å². The monoisotopic (exact) mass is 377 g/mol. The number of hydrogen-bond acceptors (Lipinski definition) is 4. The minimum atomic E-state index is -0.535. The predicted octanol–water partition coefficient (Wildman–Crippen LogP) is 3.46. The highest BCUT2D eigenvalue weighted by Gasteiger charge is 2.28. The van der Waals surface area contributed by atoms with E-state index in [9.17, 15) is 14.7 Å². The minimum absolute atomic E-state index is 0.0798. The molecule has 0 aromatic heterocycles. The van der Waals surface area contributed by atoms with Gasteiger partial charge >= 0.3 is 5.97 Å². The Bertz CT molecular complexity index is 546. The Morgan fingerprint density at radius 1 is 1.33 bits per heavy atom. The lowest BCUT2D eigenvalue weighted by Gasteiger charge is -2.23. The molecule has 1 amide bonds. The average molecular weight is 378 g/mol. The molecular weight excluding hydrogens is 342 g/mol. The second kappa shape index (κ2) is 13.4. The number of aliphatic hydroxyl groups is 1. The molecule has 5 nitrogen and oxygen atoms in total. The van der Waals surface area contributed by atoms with Crippen LogP contribution in [0.2, 0.25) is 0 Å². The molecular formula is C22H35NO4. The first-order valence-corrected chi connectivity index (χ1v) is 10.2. The predicted molar refractivity (Wildman–Crippen MR) is 107 cm³/mol. The summed E-state index contributed by atoms with van der Waals surface area (Å²) in [6.45, 7) is 4.74. The van der Waals surface area contributed by atoms with Gasteiger partial charge in [-0.1, -0.05) is 38.8 Å². The SMILES string of the molecule is CCC#CC[C@H](C)[C@H](O)C=CC1CCC(=O)N1CCCCCCC(=O)OC. The molecule has 152 valence electrons. The van der Waals surface area contributed by atoms with Crippen molar-refractivity contribution in [3.8, 4) is 11.8 Å². The normalized spacial score (nSPS) is 19.0. The summed E-state index contributed by atoms with van der Waals surface area (Å²) in [5.74, 6) is 6.22. The van der Waals surface area contributed by atoms with Gasteiger partial charge in [0.1, 0.15) is 0 Å². The second-order valence-electron chi connectivity index (χ2n) is 7.20. The van der Waals surface area contributed by atoms with Crippen LogP contribution in [0.15, 0.2) is 12.2 Å². The molecule has 0 saturated carbocycles. The van der Waals surface area contributed by atoms with E-state index < -0.39 is 6.10 Å². The number of unbranched alkanes of at least 4 members (excludes halogenated alkanes) is 3. The summed E-state index contributed by atoms with van der Waals surface area (Å²) in [5, 5.41) is 10.3. The van der Waals surface area contributed by atoms with Crippen LogP contribution < -0.4 is 0 Å². The third kappa shape index (κ3) is 9.10. The fourth-order valence-corrected chi connectivity index (χ4v) is 3.16. The van der Waals surface area contributed by atoms with Crippen LogP contribution in [-0.2, 0) is 14.3 Å². The quantitative estimate of drug-likeness (QED) is 0.259. The van der Waals surface area contributed by atoms with Gasteiger partial charge in [-0.05, 0) is 25.2 Å². The standard InChI is InChI=1S/C22H35NO4/c1-4-5-8-11-18(2)20(24)15-13-19-14-16-21(25)23(19)17-10-7-6-9-12-22(26)27-3/h13,15,18-20,24H,4,6-7,9-12,14,16-17H2,1-3H3/t18-,19?,20+/m0/s1.